The van der Waals surface area contributed by atoms with Crippen LogP contribution in [0.5, 0.6) is 5.75 Å². The van der Waals surface area contributed by atoms with Gasteiger partial charge in [-0.25, -0.2) is 9.37 Å². The first-order valence-electron chi connectivity index (χ1n) is 7.24. The Balaban J connectivity index is 1.67. The summed E-state index contributed by atoms with van der Waals surface area (Å²) in [6.45, 7) is 1.75. The zero-order valence-electron chi connectivity index (χ0n) is 12.5. The molecule has 1 heterocycles. The fraction of sp³-hybridized carbons (Fsp3) is 0.176. The number of carbonyl (C=O) groups excluding carboxylic acids is 1. The number of rotatable bonds is 4. The molecule has 0 saturated carbocycles. The summed E-state index contributed by atoms with van der Waals surface area (Å²) in [5, 5.41) is 12.0. The number of carbonyl (C=O) groups is 1. The zero-order chi connectivity index (χ0) is 16.4. The van der Waals surface area contributed by atoms with E-state index in [9.17, 15) is 14.3 Å². The van der Waals surface area contributed by atoms with E-state index < -0.39 is 11.6 Å². The maximum Gasteiger partial charge on any atom is 0.228 e. The Kier molecular flexibility index (Phi) is 3.97. The molecule has 1 atom stereocenters. The second-order valence-electron chi connectivity index (χ2n) is 5.38. The lowest BCUT2D eigenvalue weighted by Gasteiger charge is -2.14. The number of aromatic nitrogens is 2. The predicted molar refractivity (Wildman–Crippen MR) is 84.4 cm³/mol. The van der Waals surface area contributed by atoms with Crippen molar-refractivity contribution in [2.24, 2.45) is 0 Å². The van der Waals surface area contributed by atoms with Gasteiger partial charge in [-0.1, -0.05) is 18.2 Å². The molecule has 1 unspecified atom stereocenters. The summed E-state index contributed by atoms with van der Waals surface area (Å²) in [6.07, 6.45) is 0.111. The molecule has 5 nitrogen and oxygen atoms in total. The smallest absolute Gasteiger partial charge is 0.228 e. The minimum atomic E-state index is -0.708. The summed E-state index contributed by atoms with van der Waals surface area (Å²) in [7, 11) is 0. The number of para-hydroxylation sites is 2. The van der Waals surface area contributed by atoms with E-state index in [1.807, 2.05) is 24.3 Å². The van der Waals surface area contributed by atoms with Crippen molar-refractivity contribution in [1.82, 2.24) is 15.3 Å². The van der Waals surface area contributed by atoms with Crippen LogP contribution in [-0.4, -0.2) is 21.0 Å². The molecule has 23 heavy (non-hydrogen) atoms. The lowest BCUT2D eigenvalue weighted by Crippen LogP contribution is -2.28. The van der Waals surface area contributed by atoms with E-state index in [4.69, 9.17) is 0 Å². The lowest BCUT2D eigenvalue weighted by atomic mass is 10.1. The zero-order valence-corrected chi connectivity index (χ0v) is 12.5. The topological polar surface area (TPSA) is 78.0 Å². The van der Waals surface area contributed by atoms with Crippen molar-refractivity contribution in [2.45, 2.75) is 19.4 Å². The van der Waals surface area contributed by atoms with E-state index in [0.717, 1.165) is 11.0 Å². The van der Waals surface area contributed by atoms with Gasteiger partial charge in [-0.05, 0) is 36.8 Å². The third-order valence-corrected chi connectivity index (χ3v) is 3.62. The second-order valence-corrected chi connectivity index (χ2v) is 5.38. The van der Waals surface area contributed by atoms with Crippen molar-refractivity contribution in [2.75, 3.05) is 0 Å². The van der Waals surface area contributed by atoms with Crippen LogP contribution in [0.3, 0.4) is 0 Å². The van der Waals surface area contributed by atoms with E-state index in [1.165, 1.54) is 12.1 Å². The van der Waals surface area contributed by atoms with Gasteiger partial charge in [-0.15, -0.1) is 0 Å². The number of amides is 1. The summed E-state index contributed by atoms with van der Waals surface area (Å²) in [4.78, 5) is 19.6. The molecular formula is C17H16FN3O2. The predicted octanol–water partition coefficient (Wildman–Crippen LogP) is 2.83. The van der Waals surface area contributed by atoms with Gasteiger partial charge in [-0.2, -0.15) is 0 Å². The molecule has 0 bridgehead atoms. The first-order valence-corrected chi connectivity index (χ1v) is 7.24. The Bertz CT molecular complexity index is 827. The van der Waals surface area contributed by atoms with E-state index >= 15 is 0 Å². The van der Waals surface area contributed by atoms with Crippen LogP contribution in [-0.2, 0) is 11.2 Å². The van der Waals surface area contributed by atoms with Crippen molar-refractivity contribution in [3.8, 4) is 5.75 Å². The molecule has 0 aliphatic carbocycles. The minimum absolute atomic E-state index is 0.111. The summed E-state index contributed by atoms with van der Waals surface area (Å²) in [6, 6.07) is 11.2. The number of phenolic OH excluding ortho intramolecular Hbond substituents is 1. The number of nitrogens with zero attached hydrogens (tertiary/aromatic N) is 1. The third-order valence-electron chi connectivity index (χ3n) is 3.62. The number of fused-ring (bicyclic) bond motifs is 1. The van der Waals surface area contributed by atoms with Gasteiger partial charge in [0.2, 0.25) is 5.91 Å². The Morgan fingerprint density at radius 1 is 1.35 bits per heavy atom. The van der Waals surface area contributed by atoms with Crippen LogP contribution in [0.2, 0.25) is 0 Å². The Morgan fingerprint density at radius 3 is 2.87 bits per heavy atom. The molecule has 2 aromatic carbocycles. The van der Waals surface area contributed by atoms with Crippen LogP contribution in [0.4, 0.5) is 4.39 Å². The van der Waals surface area contributed by atoms with Crippen LogP contribution in [0.1, 0.15) is 24.4 Å². The molecule has 0 radical (unpaired) electrons. The van der Waals surface area contributed by atoms with Gasteiger partial charge in [0.25, 0.3) is 0 Å². The van der Waals surface area contributed by atoms with Gasteiger partial charge in [0.15, 0.2) is 11.6 Å². The lowest BCUT2D eigenvalue weighted by molar-refractivity contribution is -0.121. The summed E-state index contributed by atoms with van der Waals surface area (Å²) in [5.41, 5.74) is 2.27. The molecule has 0 aliphatic heterocycles. The maximum atomic E-state index is 13.4. The van der Waals surface area contributed by atoms with E-state index in [1.54, 1.807) is 13.0 Å². The molecule has 0 spiro atoms. The average molecular weight is 313 g/mol. The van der Waals surface area contributed by atoms with Crippen LogP contribution in [0.25, 0.3) is 11.0 Å². The molecule has 1 amide bonds. The van der Waals surface area contributed by atoms with E-state index in [-0.39, 0.29) is 18.4 Å². The fourth-order valence-electron chi connectivity index (χ4n) is 2.41. The first-order chi connectivity index (χ1) is 11.0. The van der Waals surface area contributed by atoms with Gasteiger partial charge in [0.1, 0.15) is 5.82 Å². The fourth-order valence-corrected chi connectivity index (χ4v) is 2.41. The van der Waals surface area contributed by atoms with Crippen molar-refractivity contribution >= 4 is 16.9 Å². The Labute approximate surface area is 132 Å². The van der Waals surface area contributed by atoms with Gasteiger partial charge < -0.3 is 15.4 Å². The first kappa shape index (κ1) is 15.0. The molecule has 118 valence electrons. The highest BCUT2D eigenvalue weighted by Gasteiger charge is 2.13. The van der Waals surface area contributed by atoms with Crippen LogP contribution < -0.4 is 5.32 Å². The minimum Gasteiger partial charge on any atom is -0.505 e. The number of imidazole rings is 1. The molecular weight excluding hydrogens is 297 g/mol. The van der Waals surface area contributed by atoms with Gasteiger partial charge in [-0.3, -0.25) is 4.79 Å². The molecule has 3 aromatic rings. The quantitative estimate of drug-likeness (QED) is 0.693. The van der Waals surface area contributed by atoms with Gasteiger partial charge in [0, 0.05) is 0 Å². The number of nitrogens with one attached hydrogen (secondary N) is 2. The molecule has 3 rings (SSSR count). The summed E-state index contributed by atoms with van der Waals surface area (Å²) in [5.74, 6) is -0.756. The van der Waals surface area contributed by atoms with Crippen molar-refractivity contribution in [3.05, 3.63) is 59.7 Å². The standard InChI is InChI=1S/C17H16FN3O2/c1-10(11-6-7-15(22)12(18)8-11)19-17(23)9-16-20-13-4-2-3-5-14(13)21-16/h2-8,10,22H,9H2,1H3,(H,19,23)(H,20,21). The van der Waals surface area contributed by atoms with Crippen molar-refractivity contribution in [3.63, 3.8) is 0 Å². The average Bonchev–Trinajstić information content (AvgIpc) is 2.91. The SMILES string of the molecule is CC(NC(=O)Cc1nc2ccccc2[nH]1)c1ccc(O)c(F)c1. The van der Waals surface area contributed by atoms with Crippen molar-refractivity contribution < 1.29 is 14.3 Å². The summed E-state index contributed by atoms with van der Waals surface area (Å²) < 4.78 is 13.4. The van der Waals surface area contributed by atoms with Crippen LogP contribution in [0, 0.1) is 5.82 Å². The number of aromatic hydroxyl groups is 1. The number of phenols is 1. The monoisotopic (exact) mass is 313 g/mol. The van der Waals surface area contributed by atoms with E-state index in [2.05, 4.69) is 15.3 Å². The van der Waals surface area contributed by atoms with Gasteiger partial charge >= 0.3 is 0 Å². The third kappa shape index (κ3) is 3.31. The highest BCUT2D eigenvalue weighted by molar-refractivity contribution is 5.80. The number of hydrogen-bond donors (Lipinski definition) is 3. The molecule has 1 aromatic heterocycles. The maximum absolute atomic E-state index is 13.4. The number of benzene rings is 2. The normalized spacial score (nSPS) is 12.3. The molecule has 3 N–H and O–H groups in total. The number of H-pyrrole nitrogens is 1. The van der Waals surface area contributed by atoms with E-state index in [0.29, 0.717) is 11.4 Å². The second kappa shape index (κ2) is 6.08. The molecule has 6 heteroatoms. The number of halogens is 1. The molecule has 0 saturated heterocycles. The Morgan fingerprint density at radius 2 is 2.13 bits per heavy atom. The Hall–Kier alpha value is -2.89. The molecule has 0 aliphatic rings. The van der Waals surface area contributed by atoms with Crippen LogP contribution in [0.15, 0.2) is 42.5 Å². The largest absolute Gasteiger partial charge is 0.505 e. The summed E-state index contributed by atoms with van der Waals surface area (Å²) >= 11 is 0. The van der Waals surface area contributed by atoms with Crippen molar-refractivity contribution in [1.29, 1.82) is 0 Å². The van der Waals surface area contributed by atoms with Crippen LogP contribution >= 0.6 is 0 Å². The van der Waals surface area contributed by atoms with Gasteiger partial charge in [0.05, 0.1) is 23.5 Å². The molecule has 0 fully saturated rings. The highest BCUT2D eigenvalue weighted by Crippen LogP contribution is 2.20. The number of hydrogen-bond acceptors (Lipinski definition) is 3. The number of aromatic amines is 1. The highest BCUT2D eigenvalue weighted by atomic mass is 19.1.